The van der Waals surface area contributed by atoms with Gasteiger partial charge in [-0.05, 0) is 46.5 Å². The number of nitrogens with zero attached hydrogens (tertiary/aromatic N) is 1. The monoisotopic (exact) mass is 443 g/mol. The summed E-state index contributed by atoms with van der Waals surface area (Å²) in [6.45, 7) is 4.66. The molecule has 2 N–H and O–H groups in total. The average Bonchev–Trinajstić information content (AvgIpc) is 3.19. The predicted octanol–water partition coefficient (Wildman–Crippen LogP) is 2.57. The Morgan fingerprint density at radius 3 is 2.81 bits per heavy atom. The quantitative estimate of drug-likeness (QED) is 0.328. The molecule has 152 valence electrons. The van der Waals surface area contributed by atoms with Crippen molar-refractivity contribution in [1.82, 2.24) is 10.6 Å². The van der Waals surface area contributed by atoms with Crippen LogP contribution in [-0.2, 0) is 16.0 Å². The largest absolute Gasteiger partial charge is 0.493 e. The molecule has 0 saturated carbocycles. The molecule has 1 aromatic carbocycles. The lowest BCUT2D eigenvalue weighted by Gasteiger charge is -2.15. The molecule has 0 spiro atoms. The molecule has 1 aliphatic rings. The lowest BCUT2D eigenvalue weighted by molar-refractivity contribution is 0.0888. The van der Waals surface area contributed by atoms with Gasteiger partial charge >= 0.3 is 0 Å². The molecule has 1 heterocycles. The summed E-state index contributed by atoms with van der Waals surface area (Å²) in [5.41, 5.74) is 1.06. The number of ether oxygens (including phenoxy) is 4. The Morgan fingerprint density at radius 1 is 1.30 bits per heavy atom. The molecule has 2 rings (SSSR count). The minimum absolute atomic E-state index is 0.563. The molecule has 0 radical (unpaired) electrons. The summed E-state index contributed by atoms with van der Waals surface area (Å²) < 4.78 is 22.6. The number of hydrogen-bond acceptors (Lipinski definition) is 5. The third-order valence-corrected chi connectivity index (χ3v) is 4.90. The van der Waals surface area contributed by atoms with Gasteiger partial charge in [-0.1, -0.05) is 0 Å². The topological polar surface area (TPSA) is 73.3 Å². The highest BCUT2D eigenvalue weighted by Gasteiger charge is 2.15. The fourth-order valence-corrected chi connectivity index (χ4v) is 3.48. The van der Waals surface area contributed by atoms with Gasteiger partial charge in [-0.25, -0.2) is 0 Å². The van der Waals surface area contributed by atoms with E-state index in [4.69, 9.17) is 18.9 Å². The van der Waals surface area contributed by atoms with Gasteiger partial charge in [-0.2, -0.15) is 0 Å². The van der Waals surface area contributed by atoms with Crippen LogP contribution in [-0.4, -0.2) is 60.2 Å². The molecule has 8 heteroatoms. The van der Waals surface area contributed by atoms with Gasteiger partial charge in [-0.3, -0.25) is 4.99 Å². The van der Waals surface area contributed by atoms with Crippen molar-refractivity contribution in [2.75, 3.05) is 54.2 Å². The Hall–Kier alpha value is -1.51. The van der Waals surface area contributed by atoms with E-state index in [2.05, 4.69) is 31.6 Å². The van der Waals surface area contributed by atoms with Crippen molar-refractivity contribution in [1.29, 1.82) is 0 Å². The van der Waals surface area contributed by atoms with Gasteiger partial charge in [0, 0.05) is 39.3 Å². The third kappa shape index (κ3) is 7.20. The highest BCUT2D eigenvalue weighted by Crippen LogP contribution is 2.36. The SMILES string of the molecule is CN=C(NCCCOCC1CCOC1)NCc1cc(Br)c(OC)c(OC)c1. The first kappa shape index (κ1) is 21.8. The van der Waals surface area contributed by atoms with Gasteiger partial charge in [0.1, 0.15) is 0 Å². The fraction of sp³-hybridized carbons (Fsp3) is 0.632. The maximum Gasteiger partial charge on any atom is 0.191 e. The molecule has 0 bridgehead atoms. The second kappa shape index (κ2) is 12.0. The van der Waals surface area contributed by atoms with E-state index in [0.29, 0.717) is 24.0 Å². The Morgan fingerprint density at radius 2 is 2.15 bits per heavy atom. The summed E-state index contributed by atoms with van der Waals surface area (Å²) in [7, 11) is 5.01. The Balaban J connectivity index is 1.68. The highest BCUT2D eigenvalue weighted by atomic mass is 79.9. The van der Waals surface area contributed by atoms with Crippen LogP contribution in [0.5, 0.6) is 11.5 Å². The van der Waals surface area contributed by atoms with Crippen molar-refractivity contribution in [3.05, 3.63) is 22.2 Å². The number of guanidine groups is 1. The van der Waals surface area contributed by atoms with Crippen LogP contribution in [0.4, 0.5) is 0 Å². The number of halogens is 1. The number of aliphatic imine (C=N–C) groups is 1. The van der Waals surface area contributed by atoms with Gasteiger partial charge < -0.3 is 29.6 Å². The molecule has 0 amide bonds. The normalized spacial score (nSPS) is 17.0. The Kier molecular flexibility index (Phi) is 9.72. The average molecular weight is 444 g/mol. The van der Waals surface area contributed by atoms with Crippen LogP contribution in [0.1, 0.15) is 18.4 Å². The molecule has 1 saturated heterocycles. The van der Waals surface area contributed by atoms with Crippen molar-refractivity contribution >= 4 is 21.9 Å². The first-order chi connectivity index (χ1) is 13.2. The van der Waals surface area contributed by atoms with E-state index in [1.165, 1.54) is 0 Å². The van der Waals surface area contributed by atoms with Crippen LogP contribution in [0.25, 0.3) is 0 Å². The Bertz CT molecular complexity index is 607. The van der Waals surface area contributed by atoms with Gasteiger partial charge in [-0.15, -0.1) is 0 Å². The van der Waals surface area contributed by atoms with Gasteiger partial charge in [0.25, 0.3) is 0 Å². The fourth-order valence-electron chi connectivity index (χ4n) is 2.83. The van der Waals surface area contributed by atoms with E-state index in [9.17, 15) is 0 Å². The lowest BCUT2D eigenvalue weighted by Crippen LogP contribution is -2.37. The molecule has 1 aliphatic heterocycles. The summed E-state index contributed by atoms with van der Waals surface area (Å²) in [5.74, 6) is 2.70. The smallest absolute Gasteiger partial charge is 0.191 e. The summed E-state index contributed by atoms with van der Waals surface area (Å²) in [4.78, 5) is 4.25. The number of benzene rings is 1. The van der Waals surface area contributed by atoms with Crippen LogP contribution in [0.2, 0.25) is 0 Å². The van der Waals surface area contributed by atoms with E-state index >= 15 is 0 Å². The van der Waals surface area contributed by atoms with Crippen LogP contribution in [0.3, 0.4) is 0 Å². The van der Waals surface area contributed by atoms with Crippen molar-refractivity contribution in [3.63, 3.8) is 0 Å². The maximum atomic E-state index is 5.71. The zero-order chi connectivity index (χ0) is 19.5. The van der Waals surface area contributed by atoms with E-state index < -0.39 is 0 Å². The van der Waals surface area contributed by atoms with Crippen LogP contribution in [0, 0.1) is 5.92 Å². The number of hydrogen-bond donors (Lipinski definition) is 2. The standard InChI is InChI=1S/C19H30BrN3O4/c1-21-19(22-6-4-7-26-12-14-5-8-27-13-14)23-11-15-9-16(20)18(25-3)17(10-15)24-2/h9-10,14H,4-8,11-13H2,1-3H3,(H2,21,22,23). The number of nitrogens with one attached hydrogen (secondary N) is 2. The molecular weight excluding hydrogens is 414 g/mol. The maximum absolute atomic E-state index is 5.71. The van der Waals surface area contributed by atoms with E-state index in [-0.39, 0.29) is 0 Å². The molecule has 1 aromatic rings. The van der Waals surface area contributed by atoms with E-state index in [1.807, 2.05) is 12.1 Å². The molecule has 1 unspecified atom stereocenters. The van der Waals surface area contributed by atoms with E-state index in [1.54, 1.807) is 21.3 Å². The predicted molar refractivity (Wildman–Crippen MR) is 110 cm³/mol. The third-order valence-electron chi connectivity index (χ3n) is 4.31. The summed E-state index contributed by atoms with van der Waals surface area (Å²) >= 11 is 3.51. The second-order valence-electron chi connectivity index (χ2n) is 6.32. The van der Waals surface area contributed by atoms with Crippen molar-refractivity contribution in [2.24, 2.45) is 10.9 Å². The molecule has 1 fully saturated rings. The minimum atomic E-state index is 0.563. The van der Waals surface area contributed by atoms with Crippen LogP contribution < -0.4 is 20.1 Å². The number of rotatable bonds is 10. The minimum Gasteiger partial charge on any atom is -0.493 e. The molecular formula is C19H30BrN3O4. The molecule has 27 heavy (non-hydrogen) atoms. The zero-order valence-corrected chi connectivity index (χ0v) is 17.9. The van der Waals surface area contributed by atoms with E-state index in [0.717, 1.165) is 61.8 Å². The van der Waals surface area contributed by atoms with Crippen LogP contribution in [0.15, 0.2) is 21.6 Å². The van der Waals surface area contributed by atoms with Gasteiger partial charge in [0.15, 0.2) is 17.5 Å². The Labute approximate surface area is 169 Å². The first-order valence-electron chi connectivity index (χ1n) is 9.18. The first-order valence-corrected chi connectivity index (χ1v) is 9.97. The summed E-state index contributed by atoms with van der Waals surface area (Å²) in [5, 5.41) is 6.60. The molecule has 7 nitrogen and oxygen atoms in total. The van der Waals surface area contributed by atoms with Gasteiger partial charge in [0.05, 0.1) is 31.9 Å². The lowest BCUT2D eigenvalue weighted by atomic mass is 10.1. The van der Waals surface area contributed by atoms with Gasteiger partial charge in [0.2, 0.25) is 0 Å². The number of methoxy groups -OCH3 is 2. The van der Waals surface area contributed by atoms with Crippen molar-refractivity contribution in [3.8, 4) is 11.5 Å². The zero-order valence-electron chi connectivity index (χ0n) is 16.3. The highest BCUT2D eigenvalue weighted by molar-refractivity contribution is 9.10. The van der Waals surface area contributed by atoms with Crippen LogP contribution >= 0.6 is 15.9 Å². The molecule has 0 aromatic heterocycles. The summed E-state index contributed by atoms with van der Waals surface area (Å²) in [6, 6.07) is 3.95. The molecule has 0 aliphatic carbocycles. The second-order valence-corrected chi connectivity index (χ2v) is 7.18. The van der Waals surface area contributed by atoms with Crippen molar-refractivity contribution in [2.45, 2.75) is 19.4 Å². The summed E-state index contributed by atoms with van der Waals surface area (Å²) in [6.07, 6.45) is 2.04. The molecule has 1 atom stereocenters. The van der Waals surface area contributed by atoms with Crippen molar-refractivity contribution < 1.29 is 18.9 Å².